The summed E-state index contributed by atoms with van der Waals surface area (Å²) in [6.45, 7) is 1.21. The van der Waals surface area contributed by atoms with Crippen molar-refractivity contribution in [2.45, 2.75) is 45.6 Å². The van der Waals surface area contributed by atoms with Crippen molar-refractivity contribution in [2.75, 3.05) is 20.3 Å². The van der Waals surface area contributed by atoms with Crippen molar-refractivity contribution in [3.63, 3.8) is 0 Å². The van der Waals surface area contributed by atoms with Crippen LogP contribution in [-0.2, 0) is 27.4 Å². The summed E-state index contributed by atoms with van der Waals surface area (Å²) in [5, 5.41) is 30.0. The lowest BCUT2D eigenvalue weighted by Crippen LogP contribution is -2.32. The number of ketones is 3. The van der Waals surface area contributed by atoms with Crippen molar-refractivity contribution in [1.82, 2.24) is 0 Å². The van der Waals surface area contributed by atoms with Gasteiger partial charge in [0.2, 0.25) is 0 Å². The van der Waals surface area contributed by atoms with E-state index >= 15 is 0 Å². The second-order valence-electron chi connectivity index (χ2n) is 9.46. The summed E-state index contributed by atoms with van der Waals surface area (Å²) in [6.07, 6.45) is 1.20. The molecule has 0 aliphatic heterocycles. The molecule has 0 saturated heterocycles. The van der Waals surface area contributed by atoms with Crippen molar-refractivity contribution in [3.05, 3.63) is 53.1 Å². The van der Waals surface area contributed by atoms with Crippen LogP contribution >= 0.6 is 0 Å². The van der Waals surface area contributed by atoms with E-state index in [9.17, 15) is 29.7 Å². The first-order valence-electron chi connectivity index (χ1n) is 12.0. The molecule has 3 rings (SSSR count). The van der Waals surface area contributed by atoms with Gasteiger partial charge in [0.05, 0.1) is 25.2 Å². The van der Waals surface area contributed by atoms with Gasteiger partial charge in [-0.15, -0.1) is 0 Å². The maximum atomic E-state index is 13.1. The Kier molecular flexibility index (Phi) is 9.32. The van der Waals surface area contributed by atoms with Gasteiger partial charge in [-0.1, -0.05) is 24.3 Å². The topological polar surface area (TPSA) is 121 Å². The summed E-state index contributed by atoms with van der Waals surface area (Å²) < 4.78 is 5.24. The van der Waals surface area contributed by atoms with Gasteiger partial charge in [-0.25, -0.2) is 0 Å². The van der Waals surface area contributed by atoms with Gasteiger partial charge in [0.25, 0.3) is 0 Å². The lowest BCUT2D eigenvalue weighted by atomic mass is 9.72. The number of ether oxygens (including phenoxy) is 1. The molecule has 0 spiro atoms. The predicted molar refractivity (Wildman–Crippen MR) is 131 cm³/mol. The smallest absolute Gasteiger partial charge is 0.167 e. The monoisotopic (exact) mass is 482 g/mol. The third-order valence-electron chi connectivity index (χ3n) is 6.82. The van der Waals surface area contributed by atoms with Gasteiger partial charge in [0.1, 0.15) is 17.3 Å². The quantitative estimate of drug-likeness (QED) is 0.396. The Morgan fingerprint density at radius 2 is 1.91 bits per heavy atom. The first kappa shape index (κ1) is 26.7. The first-order chi connectivity index (χ1) is 16.8. The highest BCUT2D eigenvalue weighted by Crippen LogP contribution is 2.41. The molecule has 2 aromatic rings. The van der Waals surface area contributed by atoms with Gasteiger partial charge in [-0.2, -0.15) is 0 Å². The van der Waals surface area contributed by atoms with Crippen LogP contribution < -0.4 is 0 Å². The van der Waals surface area contributed by atoms with Crippen LogP contribution in [-0.4, -0.2) is 53.0 Å². The molecule has 7 heteroatoms. The van der Waals surface area contributed by atoms with E-state index in [0.717, 1.165) is 22.3 Å². The SMILES string of the molecule is COCc1cccc(-c2ccc(O)c3c2CC(CC(CCO)C(CO)C(=O)CC(C)=O)CC3=O)c1. The van der Waals surface area contributed by atoms with Crippen molar-refractivity contribution >= 4 is 17.3 Å². The molecule has 3 atom stereocenters. The minimum atomic E-state index is -0.767. The van der Waals surface area contributed by atoms with Gasteiger partial charge >= 0.3 is 0 Å². The van der Waals surface area contributed by atoms with Crippen LogP contribution in [0.15, 0.2) is 36.4 Å². The number of carbonyl (C=O) groups is 3. The molecule has 3 unspecified atom stereocenters. The minimum absolute atomic E-state index is 0.0444. The molecule has 0 radical (unpaired) electrons. The minimum Gasteiger partial charge on any atom is -0.507 e. The number of aliphatic hydroxyl groups is 2. The highest BCUT2D eigenvalue weighted by molar-refractivity contribution is 6.03. The lowest BCUT2D eigenvalue weighted by molar-refractivity contribution is -0.131. The second kappa shape index (κ2) is 12.2. The molecule has 0 bridgehead atoms. The van der Waals surface area contributed by atoms with Crippen LogP contribution in [0.4, 0.5) is 0 Å². The average Bonchev–Trinajstić information content (AvgIpc) is 2.79. The van der Waals surface area contributed by atoms with E-state index in [1.54, 1.807) is 13.2 Å². The molecule has 0 amide bonds. The Hall–Kier alpha value is -2.87. The lowest BCUT2D eigenvalue weighted by Gasteiger charge is -2.31. The summed E-state index contributed by atoms with van der Waals surface area (Å²) in [7, 11) is 1.63. The van der Waals surface area contributed by atoms with Crippen LogP contribution in [0, 0.1) is 17.8 Å². The van der Waals surface area contributed by atoms with E-state index in [1.165, 1.54) is 6.92 Å². The molecule has 0 saturated carbocycles. The summed E-state index contributed by atoms with van der Waals surface area (Å²) in [6, 6.07) is 11.2. The standard InChI is InChI=1S/C28H34O7/c1-17(31)10-26(33)24(15-30)21(8-9-29)12-19-13-23-22(6-7-25(32)28(23)27(34)14-19)20-5-3-4-18(11-20)16-35-2/h3-7,11,19,21,24,29-30,32H,8-10,12-16H2,1-2H3. The maximum absolute atomic E-state index is 13.1. The predicted octanol–water partition coefficient (Wildman–Crippen LogP) is 3.50. The molecule has 0 heterocycles. The summed E-state index contributed by atoms with van der Waals surface area (Å²) in [4.78, 5) is 37.2. The molecule has 35 heavy (non-hydrogen) atoms. The third-order valence-corrected chi connectivity index (χ3v) is 6.82. The van der Waals surface area contributed by atoms with Crippen molar-refractivity contribution in [1.29, 1.82) is 0 Å². The van der Waals surface area contributed by atoms with E-state index in [4.69, 9.17) is 4.74 Å². The van der Waals surface area contributed by atoms with Gasteiger partial charge < -0.3 is 20.1 Å². The molecule has 7 nitrogen and oxygen atoms in total. The van der Waals surface area contributed by atoms with E-state index in [0.29, 0.717) is 31.4 Å². The molecule has 0 fully saturated rings. The zero-order valence-electron chi connectivity index (χ0n) is 20.3. The Bertz CT molecular complexity index is 1070. The first-order valence-corrected chi connectivity index (χ1v) is 12.0. The maximum Gasteiger partial charge on any atom is 0.167 e. The zero-order valence-corrected chi connectivity index (χ0v) is 20.3. The van der Waals surface area contributed by atoms with Gasteiger partial charge in [0, 0.05) is 26.1 Å². The van der Waals surface area contributed by atoms with E-state index in [2.05, 4.69) is 0 Å². The highest BCUT2D eigenvalue weighted by Gasteiger charge is 2.35. The highest BCUT2D eigenvalue weighted by atomic mass is 16.5. The molecule has 3 N–H and O–H groups in total. The van der Waals surface area contributed by atoms with Crippen LogP contribution in [0.3, 0.4) is 0 Å². The number of methoxy groups -OCH3 is 1. The van der Waals surface area contributed by atoms with E-state index in [-0.39, 0.29) is 54.4 Å². The normalized spacial score (nSPS) is 17.0. The average molecular weight is 483 g/mol. The Morgan fingerprint density at radius 1 is 1.14 bits per heavy atom. The number of aliphatic hydroxyl groups excluding tert-OH is 2. The number of aromatic hydroxyl groups is 1. The van der Waals surface area contributed by atoms with Crippen LogP contribution in [0.5, 0.6) is 5.75 Å². The number of hydrogen-bond acceptors (Lipinski definition) is 7. The third kappa shape index (κ3) is 6.42. The number of Topliss-reactive ketones (excluding diaryl/α,β-unsaturated/α-hetero) is 3. The molecule has 188 valence electrons. The number of fused-ring (bicyclic) bond motifs is 1. The summed E-state index contributed by atoms with van der Waals surface area (Å²) in [5.74, 6) is -2.07. The Balaban J connectivity index is 1.93. The molecule has 2 aromatic carbocycles. The fourth-order valence-corrected chi connectivity index (χ4v) is 5.28. The van der Waals surface area contributed by atoms with Gasteiger partial charge in [0.15, 0.2) is 5.78 Å². The summed E-state index contributed by atoms with van der Waals surface area (Å²) >= 11 is 0. The fourth-order valence-electron chi connectivity index (χ4n) is 5.28. The van der Waals surface area contributed by atoms with Gasteiger partial charge in [-0.3, -0.25) is 14.4 Å². The number of phenols is 1. The zero-order chi connectivity index (χ0) is 25.5. The van der Waals surface area contributed by atoms with Crippen molar-refractivity contribution in [3.8, 4) is 16.9 Å². The number of carbonyl (C=O) groups excluding carboxylic acids is 3. The molecule has 0 aromatic heterocycles. The van der Waals surface area contributed by atoms with E-state index < -0.39 is 12.5 Å². The number of benzene rings is 2. The van der Waals surface area contributed by atoms with Crippen molar-refractivity contribution < 1.29 is 34.4 Å². The molecule has 1 aliphatic rings. The van der Waals surface area contributed by atoms with Gasteiger partial charge in [-0.05, 0) is 72.4 Å². The number of hydrogen-bond donors (Lipinski definition) is 3. The molecular weight excluding hydrogens is 448 g/mol. The van der Waals surface area contributed by atoms with Crippen LogP contribution in [0.2, 0.25) is 0 Å². The van der Waals surface area contributed by atoms with Crippen molar-refractivity contribution in [2.24, 2.45) is 17.8 Å². The number of rotatable bonds is 12. The molecule has 1 aliphatic carbocycles. The second-order valence-corrected chi connectivity index (χ2v) is 9.46. The van der Waals surface area contributed by atoms with Crippen LogP contribution in [0.1, 0.15) is 54.1 Å². The largest absolute Gasteiger partial charge is 0.507 e. The molecular formula is C28H34O7. The Labute approximate surface area is 205 Å². The van der Waals surface area contributed by atoms with E-state index in [1.807, 2.05) is 30.3 Å². The van der Waals surface area contributed by atoms with Crippen LogP contribution in [0.25, 0.3) is 11.1 Å². The fraction of sp³-hybridized carbons (Fsp3) is 0.464. The summed E-state index contributed by atoms with van der Waals surface area (Å²) in [5.41, 5.74) is 3.86. The number of phenolic OH excluding ortho intramolecular Hbond substituents is 1. The Morgan fingerprint density at radius 3 is 2.57 bits per heavy atom.